The van der Waals surface area contributed by atoms with Crippen LogP contribution >= 0.6 is 0 Å². The molecule has 2 aromatic heterocycles. The molecule has 2 aliphatic carbocycles. The topological polar surface area (TPSA) is 44.2 Å². The van der Waals surface area contributed by atoms with Crippen LogP contribution < -0.4 is 0 Å². The van der Waals surface area contributed by atoms with Gasteiger partial charge in [0.25, 0.3) is 0 Å². The Labute approximate surface area is 255 Å². The minimum atomic E-state index is 0.0870. The van der Waals surface area contributed by atoms with Gasteiger partial charge in [-0.1, -0.05) is 58.9 Å². The van der Waals surface area contributed by atoms with E-state index in [2.05, 4.69) is 57.3 Å². The maximum absolute atomic E-state index is 6.53. The molecule has 42 heavy (non-hydrogen) atoms. The second-order valence-corrected chi connectivity index (χ2v) is 15.4. The van der Waals surface area contributed by atoms with Crippen LogP contribution in [-0.2, 0) is 26.7 Å². The zero-order chi connectivity index (χ0) is 29.1. The van der Waals surface area contributed by atoms with Crippen molar-refractivity contribution in [2.24, 2.45) is 11.8 Å². The molecule has 4 fully saturated rings. The van der Waals surface area contributed by atoms with Crippen molar-refractivity contribution in [3.05, 3.63) is 59.7 Å². The maximum Gasteiger partial charge on any atom is 0.0691 e. The van der Waals surface area contributed by atoms with E-state index in [1.165, 1.54) is 94.0 Å². The third-order valence-electron chi connectivity index (χ3n) is 11.8. The first-order valence-electron chi connectivity index (χ1n) is 17.5. The summed E-state index contributed by atoms with van der Waals surface area (Å²) in [6, 6.07) is 11.3. The van der Waals surface area contributed by atoms with E-state index < -0.39 is 0 Å². The van der Waals surface area contributed by atoms with Crippen molar-refractivity contribution in [1.29, 1.82) is 0 Å². The first-order valence-corrected chi connectivity index (χ1v) is 17.5. The van der Waals surface area contributed by atoms with E-state index in [-0.39, 0.29) is 22.0 Å². The van der Waals surface area contributed by atoms with Gasteiger partial charge in [-0.25, -0.2) is 0 Å². The second-order valence-electron chi connectivity index (χ2n) is 15.4. The number of rotatable bonds is 10. The molecule has 0 N–H and O–H groups in total. The van der Waals surface area contributed by atoms with Gasteiger partial charge in [0.2, 0.25) is 0 Å². The van der Waals surface area contributed by atoms with Crippen molar-refractivity contribution in [2.45, 2.75) is 152 Å². The van der Waals surface area contributed by atoms with Gasteiger partial charge in [-0.15, -0.1) is 0 Å². The van der Waals surface area contributed by atoms with E-state index in [0.29, 0.717) is 11.8 Å². The van der Waals surface area contributed by atoms with Crippen molar-refractivity contribution in [3.63, 3.8) is 0 Å². The standard InChI is InChI=1S/C38H56N2O2/c1-30(2)11-18-36(21-25-42-38(29-36)16-7-8-17-38)34-27-32(13-23-40-34)26-31(3)12-19-35(33-10-4-9-22-39-33)20-24-41-37(28-35)14-5-6-15-37/h4,9-10,13,22-23,27,30-31H,5-8,11-12,14-21,24-26,28-29H2,1-3H3/t31?,35-,36?/m1/s1. The number of aromatic nitrogens is 2. The molecule has 4 nitrogen and oxygen atoms in total. The van der Waals surface area contributed by atoms with Gasteiger partial charge in [-0.2, -0.15) is 0 Å². The quantitative estimate of drug-likeness (QED) is 0.285. The highest BCUT2D eigenvalue weighted by Gasteiger charge is 2.49. The summed E-state index contributed by atoms with van der Waals surface area (Å²) in [4.78, 5) is 10.1. The molecular formula is C38H56N2O2. The minimum absolute atomic E-state index is 0.0870. The highest BCUT2D eigenvalue weighted by Crippen LogP contribution is 2.52. The minimum Gasteiger partial charge on any atom is -0.375 e. The van der Waals surface area contributed by atoms with Gasteiger partial charge in [0.15, 0.2) is 0 Å². The van der Waals surface area contributed by atoms with Crippen molar-refractivity contribution in [1.82, 2.24) is 9.97 Å². The van der Waals surface area contributed by atoms with Crippen molar-refractivity contribution >= 4 is 0 Å². The van der Waals surface area contributed by atoms with E-state index in [0.717, 1.165) is 45.3 Å². The summed E-state index contributed by atoms with van der Waals surface area (Å²) in [6.45, 7) is 8.97. The molecule has 2 unspecified atom stereocenters. The molecule has 2 aromatic rings. The van der Waals surface area contributed by atoms with E-state index in [1.54, 1.807) is 0 Å². The lowest BCUT2D eigenvalue weighted by Crippen LogP contribution is -2.46. The molecule has 2 spiro atoms. The second kappa shape index (κ2) is 12.7. The highest BCUT2D eigenvalue weighted by atomic mass is 16.5. The number of nitrogens with zero attached hydrogens (tertiary/aromatic N) is 2. The van der Waals surface area contributed by atoms with Gasteiger partial charge in [0, 0.05) is 47.8 Å². The zero-order valence-electron chi connectivity index (χ0n) is 26.8. The molecule has 0 radical (unpaired) electrons. The van der Waals surface area contributed by atoms with Crippen LogP contribution in [0.2, 0.25) is 0 Å². The molecule has 3 atom stereocenters. The Balaban J connectivity index is 1.18. The molecule has 2 saturated heterocycles. The third kappa shape index (κ3) is 6.50. The van der Waals surface area contributed by atoms with Crippen molar-refractivity contribution in [3.8, 4) is 0 Å². The van der Waals surface area contributed by atoms with Crippen LogP contribution in [0.25, 0.3) is 0 Å². The Bertz CT molecular complexity index is 1150. The predicted molar refractivity (Wildman–Crippen MR) is 171 cm³/mol. The number of hydrogen-bond donors (Lipinski definition) is 0. The first-order chi connectivity index (χ1) is 20.3. The van der Waals surface area contributed by atoms with E-state index in [9.17, 15) is 0 Å². The van der Waals surface area contributed by atoms with Crippen LogP contribution in [0.5, 0.6) is 0 Å². The molecular weight excluding hydrogens is 516 g/mol. The smallest absolute Gasteiger partial charge is 0.0691 e. The third-order valence-corrected chi connectivity index (χ3v) is 11.8. The van der Waals surface area contributed by atoms with Gasteiger partial charge in [-0.05, 0) is 119 Å². The van der Waals surface area contributed by atoms with Crippen molar-refractivity contribution < 1.29 is 9.47 Å². The molecule has 4 heteroatoms. The first kappa shape index (κ1) is 30.3. The number of hydrogen-bond acceptors (Lipinski definition) is 4. The molecule has 4 aliphatic rings. The highest BCUT2D eigenvalue weighted by molar-refractivity contribution is 5.26. The Hall–Kier alpha value is -1.78. The zero-order valence-corrected chi connectivity index (χ0v) is 26.8. The summed E-state index contributed by atoms with van der Waals surface area (Å²) >= 11 is 0. The molecule has 0 aromatic carbocycles. The van der Waals surface area contributed by atoms with E-state index in [1.807, 2.05) is 6.20 Å². The normalized spacial score (nSPS) is 29.4. The van der Waals surface area contributed by atoms with E-state index in [4.69, 9.17) is 19.4 Å². The van der Waals surface area contributed by atoms with Gasteiger partial charge in [-0.3, -0.25) is 9.97 Å². The number of pyridine rings is 2. The summed E-state index contributed by atoms with van der Waals surface area (Å²) < 4.78 is 13.0. The summed E-state index contributed by atoms with van der Waals surface area (Å²) in [5.41, 5.74) is 4.59. The molecule has 2 saturated carbocycles. The lowest BCUT2D eigenvalue weighted by atomic mass is 9.66. The molecule has 0 bridgehead atoms. The summed E-state index contributed by atoms with van der Waals surface area (Å²) in [5.74, 6) is 1.33. The van der Waals surface area contributed by atoms with Crippen LogP contribution in [0.3, 0.4) is 0 Å². The Kier molecular flexibility index (Phi) is 9.13. The SMILES string of the molecule is CC(C)CCC1(c2cc(CC(C)CC[C@@]3(c4ccccn4)CCOC4(CCCC4)C3)ccn2)CCOC2(CCCC2)C1. The molecule has 230 valence electrons. The predicted octanol–water partition coefficient (Wildman–Crippen LogP) is 9.29. The van der Waals surface area contributed by atoms with E-state index >= 15 is 0 Å². The molecule has 0 amide bonds. The summed E-state index contributed by atoms with van der Waals surface area (Å²) in [5, 5.41) is 0. The van der Waals surface area contributed by atoms with Crippen LogP contribution in [-0.4, -0.2) is 34.4 Å². The lowest BCUT2D eigenvalue weighted by molar-refractivity contribution is -0.105. The average molecular weight is 573 g/mol. The fraction of sp³-hybridized carbons (Fsp3) is 0.737. The summed E-state index contributed by atoms with van der Waals surface area (Å²) in [6.07, 6.45) is 24.8. The maximum atomic E-state index is 6.53. The molecule has 4 heterocycles. The van der Waals surface area contributed by atoms with Gasteiger partial charge >= 0.3 is 0 Å². The number of ether oxygens (including phenoxy) is 2. The Morgan fingerprint density at radius 1 is 0.690 bits per heavy atom. The van der Waals surface area contributed by atoms with Crippen LogP contribution in [0.1, 0.15) is 140 Å². The van der Waals surface area contributed by atoms with Crippen molar-refractivity contribution in [2.75, 3.05) is 13.2 Å². The summed E-state index contributed by atoms with van der Waals surface area (Å²) in [7, 11) is 0. The van der Waals surface area contributed by atoms with Gasteiger partial charge in [0.1, 0.15) is 0 Å². The molecule has 6 rings (SSSR count). The Morgan fingerprint density at radius 3 is 1.88 bits per heavy atom. The fourth-order valence-corrected chi connectivity index (χ4v) is 9.40. The Morgan fingerprint density at radius 2 is 1.29 bits per heavy atom. The van der Waals surface area contributed by atoms with Gasteiger partial charge < -0.3 is 9.47 Å². The van der Waals surface area contributed by atoms with Crippen LogP contribution in [0, 0.1) is 11.8 Å². The monoisotopic (exact) mass is 572 g/mol. The van der Waals surface area contributed by atoms with Crippen LogP contribution in [0.4, 0.5) is 0 Å². The van der Waals surface area contributed by atoms with Gasteiger partial charge in [0.05, 0.1) is 11.2 Å². The molecule has 2 aliphatic heterocycles. The largest absolute Gasteiger partial charge is 0.375 e. The fourth-order valence-electron chi connectivity index (χ4n) is 9.40. The average Bonchev–Trinajstić information content (AvgIpc) is 3.65. The lowest BCUT2D eigenvalue weighted by Gasteiger charge is -2.47. The van der Waals surface area contributed by atoms with Crippen LogP contribution in [0.15, 0.2) is 42.7 Å².